The summed E-state index contributed by atoms with van der Waals surface area (Å²) in [7, 11) is 1.74. The Hall–Kier alpha value is -1.73. The van der Waals surface area contributed by atoms with Gasteiger partial charge in [0.05, 0.1) is 0 Å². The topological polar surface area (TPSA) is 53.6 Å². The number of halogens is 2. The molecule has 2 rings (SSSR count). The summed E-state index contributed by atoms with van der Waals surface area (Å²) in [6.07, 6.45) is 2.88. The highest BCUT2D eigenvalue weighted by atomic mass is 19.3. The molecule has 2 N–H and O–H groups in total. The highest BCUT2D eigenvalue weighted by Crippen LogP contribution is 2.17. The van der Waals surface area contributed by atoms with Crippen LogP contribution in [0.15, 0.2) is 24.3 Å². The van der Waals surface area contributed by atoms with Crippen LogP contribution in [-0.2, 0) is 11.3 Å². The van der Waals surface area contributed by atoms with E-state index in [1.54, 1.807) is 24.1 Å². The van der Waals surface area contributed by atoms with Crippen LogP contribution >= 0.6 is 0 Å². The van der Waals surface area contributed by atoms with Crippen LogP contribution < -0.4 is 15.6 Å². The fourth-order valence-corrected chi connectivity index (χ4v) is 2.72. The van der Waals surface area contributed by atoms with Gasteiger partial charge in [-0.15, -0.1) is 0 Å². The van der Waals surface area contributed by atoms with Crippen LogP contribution in [0.1, 0.15) is 31.7 Å². The summed E-state index contributed by atoms with van der Waals surface area (Å²) in [5.74, 6) is 0.130. The Bertz CT molecular complexity index is 511. The maximum atomic E-state index is 12.4. The normalized spacial score (nSPS) is 20.7. The number of alkyl halides is 2. The molecule has 1 aromatic carbocycles. The number of hydrogen-bond donors (Lipinski definition) is 2. The minimum absolute atomic E-state index is 0.0176. The summed E-state index contributed by atoms with van der Waals surface area (Å²) >= 11 is 0. The number of nitrogens with zero attached hydrogens (tertiary/aromatic N) is 1. The van der Waals surface area contributed by atoms with E-state index in [0.29, 0.717) is 12.6 Å². The van der Waals surface area contributed by atoms with E-state index in [-0.39, 0.29) is 17.7 Å². The van der Waals surface area contributed by atoms with E-state index < -0.39 is 6.61 Å². The quantitative estimate of drug-likeness (QED) is 0.807. The van der Waals surface area contributed by atoms with Crippen LogP contribution in [0.4, 0.5) is 8.78 Å². The molecule has 128 valence electrons. The lowest BCUT2D eigenvalue weighted by molar-refractivity contribution is -0.132. The van der Waals surface area contributed by atoms with E-state index in [1.165, 1.54) is 12.1 Å². The molecule has 0 aliphatic carbocycles. The molecule has 0 aromatic heterocycles. The minimum atomic E-state index is -2.83. The first-order valence-electron chi connectivity index (χ1n) is 7.79. The van der Waals surface area contributed by atoms with Crippen molar-refractivity contribution in [3.05, 3.63) is 29.8 Å². The number of hydrazine groups is 1. The molecule has 5 nitrogen and oxygen atoms in total. The Morgan fingerprint density at radius 2 is 2.04 bits per heavy atom. The lowest BCUT2D eigenvalue weighted by Gasteiger charge is -2.21. The smallest absolute Gasteiger partial charge is 0.387 e. The average Bonchev–Trinajstić information content (AvgIpc) is 2.97. The van der Waals surface area contributed by atoms with Crippen molar-refractivity contribution in [2.45, 2.75) is 51.4 Å². The lowest BCUT2D eigenvalue weighted by Crippen LogP contribution is -2.43. The largest absolute Gasteiger partial charge is 0.435 e. The molecule has 2 atom stereocenters. The number of amides is 1. The molecule has 1 saturated heterocycles. The number of rotatable bonds is 7. The molecular formula is C16H23F2N3O2. The summed E-state index contributed by atoms with van der Waals surface area (Å²) in [6.45, 7) is -0.295. The second-order valence-electron chi connectivity index (χ2n) is 5.78. The average molecular weight is 327 g/mol. The number of carbonyl (C=O) groups is 1. The number of nitrogens with one attached hydrogen (secondary N) is 2. The first-order valence-corrected chi connectivity index (χ1v) is 7.79. The highest BCUT2D eigenvalue weighted by molar-refractivity contribution is 5.82. The van der Waals surface area contributed by atoms with E-state index in [4.69, 9.17) is 0 Å². The van der Waals surface area contributed by atoms with E-state index in [2.05, 4.69) is 22.5 Å². The van der Waals surface area contributed by atoms with Crippen molar-refractivity contribution in [3.63, 3.8) is 0 Å². The monoisotopic (exact) mass is 327 g/mol. The molecule has 1 fully saturated rings. The number of likely N-dealkylation sites (N-methyl/N-ethyl adjacent to an activating group) is 1. The summed E-state index contributed by atoms with van der Waals surface area (Å²) < 4.78 is 28.5. The Balaban J connectivity index is 1.86. The van der Waals surface area contributed by atoms with Gasteiger partial charge in [-0.25, -0.2) is 5.43 Å². The highest BCUT2D eigenvalue weighted by Gasteiger charge is 2.30. The Labute approximate surface area is 135 Å². The predicted octanol–water partition coefficient (Wildman–Crippen LogP) is 2.28. The zero-order valence-electron chi connectivity index (χ0n) is 13.4. The molecule has 23 heavy (non-hydrogen) atoms. The molecule has 0 radical (unpaired) electrons. The van der Waals surface area contributed by atoms with Crippen molar-refractivity contribution < 1.29 is 18.3 Å². The Morgan fingerprint density at radius 1 is 1.35 bits per heavy atom. The molecule has 0 bridgehead atoms. The van der Waals surface area contributed by atoms with Crippen LogP contribution in [0.25, 0.3) is 0 Å². The third-order valence-corrected chi connectivity index (χ3v) is 3.86. The molecule has 1 amide bonds. The molecule has 1 aliphatic heterocycles. The van der Waals surface area contributed by atoms with Gasteiger partial charge in [0, 0.05) is 19.6 Å². The Kier molecular flexibility index (Phi) is 6.29. The van der Waals surface area contributed by atoms with E-state index in [1.807, 2.05) is 0 Å². The van der Waals surface area contributed by atoms with Crippen LogP contribution in [0.3, 0.4) is 0 Å². The van der Waals surface area contributed by atoms with Crippen molar-refractivity contribution in [2.75, 3.05) is 7.05 Å². The zero-order chi connectivity index (χ0) is 16.8. The Morgan fingerprint density at radius 3 is 2.65 bits per heavy atom. The maximum absolute atomic E-state index is 12.4. The lowest BCUT2D eigenvalue weighted by atomic mass is 10.1. The fourth-order valence-electron chi connectivity index (χ4n) is 2.72. The predicted molar refractivity (Wildman–Crippen MR) is 82.9 cm³/mol. The van der Waals surface area contributed by atoms with Crippen molar-refractivity contribution >= 4 is 5.91 Å². The van der Waals surface area contributed by atoms with Gasteiger partial charge in [0.1, 0.15) is 11.8 Å². The summed E-state index contributed by atoms with van der Waals surface area (Å²) in [5.41, 5.74) is 7.05. The van der Waals surface area contributed by atoms with Gasteiger partial charge in [0.15, 0.2) is 0 Å². The van der Waals surface area contributed by atoms with Gasteiger partial charge in [-0.1, -0.05) is 25.5 Å². The minimum Gasteiger partial charge on any atom is -0.435 e. The zero-order valence-corrected chi connectivity index (χ0v) is 13.4. The van der Waals surface area contributed by atoms with Crippen LogP contribution in [-0.4, -0.2) is 36.5 Å². The van der Waals surface area contributed by atoms with Crippen LogP contribution in [0.2, 0.25) is 0 Å². The maximum Gasteiger partial charge on any atom is 0.387 e. The van der Waals surface area contributed by atoms with Gasteiger partial charge in [0.2, 0.25) is 5.91 Å². The third kappa shape index (κ3) is 5.14. The van der Waals surface area contributed by atoms with E-state index in [0.717, 1.165) is 24.8 Å². The molecule has 2 unspecified atom stereocenters. The second-order valence-corrected chi connectivity index (χ2v) is 5.78. The standard InChI is InChI=1S/C16H23F2N3O2/c1-3-4-12-9-14(20-19-12)15(22)21(2)10-11-5-7-13(8-6-11)23-16(17)18/h5-8,12,14,16,19-20H,3-4,9-10H2,1-2H3. The number of ether oxygens (including phenoxy) is 1. The molecule has 1 aromatic rings. The molecule has 1 aliphatic rings. The fraction of sp³-hybridized carbons (Fsp3) is 0.562. The molecule has 0 saturated carbocycles. The first-order chi connectivity index (χ1) is 11.0. The summed E-state index contributed by atoms with van der Waals surface area (Å²) in [6, 6.07) is 6.42. The van der Waals surface area contributed by atoms with Crippen molar-refractivity contribution in [3.8, 4) is 5.75 Å². The third-order valence-electron chi connectivity index (χ3n) is 3.86. The van der Waals surface area contributed by atoms with Gasteiger partial charge in [-0.05, 0) is 30.5 Å². The summed E-state index contributed by atoms with van der Waals surface area (Å²) in [5, 5.41) is 0. The molecule has 7 heteroatoms. The van der Waals surface area contributed by atoms with Gasteiger partial charge in [-0.3, -0.25) is 10.2 Å². The van der Waals surface area contributed by atoms with Gasteiger partial charge in [0.25, 0.3) is 0 Å². The molecule has 0 spiro atoms. The summed E-state index contributed by atoms with van der Waals surface area (Å²) in [4.78, 5) is 14.0. The van der Waals surface area contributed by atoms with Gasteiger partial charge in [-0.2, -0.15) is 8.78 Å². The number of benzene rings is 1. The van der Waals surface area contributed by atoms with E-state index in [9.17, 15) is 13.6 Å². The number of hydrogen-bond acceptors (Lipinski definition) is 4. The van der Waals surface area contributed by atoms with E-state index >= 15 is 0 Å². The first kappa shape index (κ1) is 17.6. The molecule has 1 heterocycles. The van der Waals surface area contributed by atoms with Gasteiger partial charge < -0.3 is 9.64 Å². The molecular weight excluding hydrogens is 304 g/mol. The number of carbonyl (C=O) groups excluding carboxylic acids is 1. The van der Waals surface area contributed by atoms with Crippen molar-refractivity contribution in [2.24, 2.45) is 0 Å². The van der Waals surface area contributed by atoms with Crippen LogP contribution in [0, 0.1) is 0 Å². The SMILES string of the molecule is CCCC1CC(C(=O)N(C)Cc2ccc(OC(F)F)cc2)NN1. The second kappa shape index (κ2) is 8.21. The van der Waals surface area contributed by atoms with Gasteiger partial charge >= 0.3 is 6.61 Å². The van der Waals surface area contributed by atoms with Crippen LogP contribution in [0.5, 0.6) is 5.75 Å². The van der Waals surface area contributed by atoms with Crippen molar-refractivity contribution in [1.29, 1.82) is 0 Å². The van der Waals surface area contributed by atoms with Crippen molar-refractivity contribution in [1.82, 2.24) is 15.8 Å².